The number of oxime groups is 1. The van der Waals surface area contributed by atoms with Gasteiger partial charge < -0.3 is 19.8 Å². The summed E-state index contributed by atoms with van der Waals surface area (Å²) >= 11 is 0. The molecule has 1 aliphatic carbocycles. The molecule has 0 bridgehead atoms. The zero-order valence-corrected chi connectivity index (χ0v) is 22.1. The predicted octanol–water partition coefficient (Wildman–Crippen LogP) is 6.11. The van der Waals surface area contributed by atoms with E-state index in [0.29, 0.717) is 23.5 Å². The van der Waals surface area contributed by atoms with Crippen LogP contribution in [0.5, 0.6) is 5.75 Å². The van der Waals surface area contributed by atoms with Gasteiger partial charge >= 0.3 is 11.9 Å². The summed E-state index contributed by atoms with van der Waals surface area (Å²) in [6, 6.07) is 11.2. The molecule has 0 fully saturated rings. The lowest BCUT2D eigenvalue weighted by Gasteiger charge is -2.32. The molecule has 0 saturated heterocycles. The van der Waals surface area contributed by atoms with Gasteiger partial charge in [-0.15, -0.1) is 0 Å². The van der Waals surface area contributed by atoms with Crippen LogP contribution in [0.4, 0.5) is 0 Å². The molecular formula is C30H35NO6. The van der Waals surface area contributed by atoms with Gasteiger partial charge in [0.05, 0.1) is 5.71 Å². The van der Waals surface area contributed by atoms with Gasteiger partial charge in [-0.1, -0.05) is 48.9 Å². The first-order chi connectivity index (χ1) is 17.6. The fourth-order valence-electron chi connectivity index (χ4n) is 4.44. The van der Waals surface area contributed by atoms with Gasteiger partial charge in [-0.3, -0.25) is 4.79 Å². The molecule has 0 aliphatic heterocycles. The van der Waals surface area contributed by atoms with Crippen molar-refractivity contribution < 1.29 is 29.4 Å². The Bertz CT molecular complexity index is 1270. The fourth-order valence-corrected chi connectivity index (χ4v) is 4.44. The number of carbonyl (C=O) groups is 2. The average Bonchev–Trinajstić information content (AvgIpc) is 2.86. The summed E-state index contributed by atoms with van der Waals surface area (Å²) in [4.78, 5) is 29.8. The van der Waals surface area contributed by atoms with Crippen LogP contribution in [0.25, 0.3) is 0 Å². The summed E-state index contributed by atoms with van der Waals surface area (Å²) in [5, 5.41) is 24.2. The minimum atomic E-state index is -1.50. The first-order valence-electron chi connectivity index (χ1n) is 12.5. The number of unbranched alkanes of at least 4 members (excludes halogenated alkanes) is 1. The highest BCUT2D eigenvalue weighted by molar-refractivity contribution is 5.98. The number of nitrogens with zero attached hydrogens (tertiary/aromatic N) is 1. The fraction of sp³-hybridized carbons (Fsp3) is 0.367. The number of carboxylic acids is 2. The van der Waals surface area contributed by atoms with Crippen molar-refractivity contribution in [2.75, 3.05) is 6.61 Å². The summed E-state index contributed by atoms with van der Waals surface area (Å²) in [5.74, 6) is -1.54. The molecule has 1 unspecified atom stereocenters. The number of hydrogen-bond acceptors (Lipinski definition) is 5. The third kappa shape index (κ3) is 6.10. The molecule has 0 spiro atoms. The number of benzene rings is 2. The van der Waals surface area contributed by atoms with Crippen molar-refractivity contribution in [1.29, 1.82) is 0 Å². The third-order valence-corrected chi connectivity index (χ3v) is 6.84. The van der Waals surface area contributed by atoms with Crippen LogP contribution in [0.15, 0.2) is 64.9 Å². The third-order valence-electron chi connectivity index (χ3n) is 6.84. The standard InChI is InChI=1S/C30H35NO6/c1-6-7-15-37-31-22(5)23-11-12-27(21(4)16-23)36-18-25-19(2)9-8-10-26(25)30(29(34)35)14-13-20(3)24(17-30)28(32)33/h8-14,16H,6-7,15,17-18H2,1-5H3,(H,32,33)(H,34,35). The lowest BCUT2D eigenvalue weighted by molar-refractivity contribution is -0.142. The molecule has 7 heteroatoms. The number of aliphatic carboxylic acids is 2. The molecule has 2 N–H and O–H groups in total. The molecule has 3 rings (SSSR count). The van der Waals surface area contributed by atoms with Crippen LogP contribution < -0.4 is 4.74 Å². The van der Waals surface area contributed by atoms with E-state index in [1.807, 2.05) is 45.0 Å². The van der Waals surface area contributed by atoms with Gasteiger partial charge in [0, 0.05) is 12.0 Å². The molecule has 196 valence electrons. The maximum absolute atomic E-state index is 12.6. The number of allylic oxidation sites excluding steroid dienone is 2. The maximum atomic E-state index is 12.6. The van der Waals surface area contributed by atoms with Crippen molar-refractivity contribution >= 4 is 17.7 Å². The largest absolute Gasteiger partial charge is 0.489 e. The van der Waals surface area contributed by atoms with Crippen molar-refractivity contribution in [2.45, 2.75) is 65.9 Å². The van der Waals surface area contributed by atoms with Gasteiger partial charge in [-0.05, 0) is 85.7 Å². The Morgan fingerprint density at radius 3 is 2.49 bits per heavy atom. The van der Waals surface area contributed by atoms with E-state index in [4.69, 9.17) is 9.57 Å². The quantitative estimate of drug-likeness (QED) is 0.217. The maximum Gasteiger partial charge on any atom is 0.331 e. The summed E-state index contributed by atoms with van der Waals surface area (Å²) in [7, 11) is 0. The highest BCUT2D eigenvalue weighted by atomic mass is 16.6. The minimum absolute atomic E-state index is 0.0976. The second-order valence-electron chi connectivity index (χ2n) is 9.49. The summed E-state index contributed by atoms with van der Waals surface area (Å²) in [6.45, 7) is 10.2. The topological polar surface area (TPSA) is 105 Å². The summed E-state index contributed by atoms with van der Waals surface area (Å²) in [6.07, 6.45) is 5.05. The minimum Gasteiger partial charge on any atom is -0.489 e. The number of carboxylic acid groups (broad SMARTS) is 2. The highest BCUT2D eigenvalue weighted by Crippen LogP contribution is 2.41. The molecule has 0 amide bonds. The van der Waals surface area contributed by atoms with Crippen LogP contribution >= 0.6 is 0 Å². The Kier molecular flexibility index (Phi) is 8.92. The number of hydrogen-bond donors (Lipinski definition) is 2. The molecule has 1 aliphatic rings. The Labute approximate surface area is 218 Å². The summed E-state index contributed by atoms with van der Waals surface area (Å²) < 4.78 is 6.19. The van der Waals surface area contributed by atoms with Gasteiger partial charge in [0.1, 0.15) is 24.4 Å². The zero-order valence-electron chi connectivity index (χ0n) is 22.1. The van der Waals surface area contributed by atoms with Gasteiger partial charge in [-0.25, -0.2) is 4.79 Å². The highest BCUT2D eigenvalue weighted by Gasteiger charge is 2.43. The van der Waals surface area contributed by atoms with Crippen molar-refractivity contribution in [3.05, 3.63) is 87.5 Å². The van der Waals surface area contributed by atoms with Crippen molar-refractivity contribution in [3.63, 3.8) is 0 Å². The average molecular weight is 506 g/mol. The number of aryl methyl sites for hydroxylation is 2. The molecule has 37 heavy (non-hydrogen) atoms. The van der Waals surface area contributed by atoms with Gasteiger partial charge in [0.25, 0.3) is 0 Å². The van der Waals surface area contributed by atoms with Gasteiger partial charge in [-0.2, -0.15) is 0 Å². The van der Waals surface area contributed by atoms with Crippen LogP contribution in [0.1, 0.15) is 67.9 Å². The molecule has 7 nitrogen and oxygen atoms in total. The predicted molar refractivity (Wildman–Crippen MR) is 143 cm³/mol. The van der Waals surface area contributed by atoms with Crippen molar-refractivity contribution in [2.24, 2.45) is 5.16 Å². The van der Waals surface area contributed by atoms with E-state index in [9.17, 15) is 19.8 Å². The Morgan fingerprint density at radius 2 is 1.84 bits per heavy atom. The van der Waals surface area contributed by atoms with Gasteiger partial charge in [0.15, 0.2) is 0 Å². The van der Waals surface area contributed by atoms with E-state index < -0.39 is 17.4 Å². The number of ether oxygens (including phenoxy) is 1. The van der Waals surface area contributed by atoms with E-state index in [1.54, 1.807) is 31.2 Å². The molecule has 0 radical (unpaired) electrons. The van der Waals surface area contributed by atoms with Crippen molar-refractivity contribution in [1.82, 2.24) is 0 Å². The molecule has 2 aromatic rings. The zero-order chi connectivity index (χ0) is 27.2. The normalized spacial score (nSPS) is 17.6. The van der Waals surface area contributed by atoms with Crippen LogP contribution in [0.2, 0.25) is 0 Å². The van der Waals surface area contributed by atoms with E-state index in [-0.39, 0.29) is 18.6 Å². The molecular weight excluding hydrogens is 470 g/mol. The summed E-state index contributed by atoms with van der Waals surface area (Å²) in [5.41, 5.74) is 3.90. The molecule has 0 heterocycles. The lowest BCUT2D eigenvalue weighted by atomic mass is 9.69. The second-order valence-corrected chi connectivity index (χ2v) is 9.49. The first-order valence-corrected chi connectivity index (χ1v) is 12.5. The first kappa shape index (κ1) is 27.7. The van der Waals surface area contributed by atoms with Gasteiger partial charge in [0.2, 0.25) is 0 Å². The Balaban J connectivity index is 1.89. The van der Waals surface area contributed by atoms with Crippen LogP contribution in [0, 0.1) is 13.8 Å². The smallest absolute Gasteiger partial charge is 0.331 e. The molecule has 0 aromatic heterocycles. The number of rotatable bonds is 11. The molecule has 0 saturated carbocycles. The van der Waals surface area contributed by atoms with Crippen LogP contribution in [0.3, 0.4) is 0 Å². The monoisotopic (exact) mass is 505 g/mol. The SMILES string of the molecule is CCCCON=C(C)c1ccc(OCc2c(C)cccc2C2(C(=O)O)C=CC(C)=C(C(=O)O)C2)c(C)c1. The molecule has 1 atom stereocenters. The van der Waals surface area contributed by atoms with Crippen molar-refractivity contribution in [3.8, 4) is 5.75 Å². The van der Waals surface area contributed by atoms with E-state index in [2.05, 4.69) is 12.1 Å². The van der Waals surface area contributed by atoms with E-state index in [1.165, 1.54) is 0 Å². The Morgan fingerprint density at radius 1 is 1.08 bits per heavy atom. The lowest BCUT2D eigenvalue weighted by Crippen LogP contribution is -2.38. The second kappa shape index (κ2) is 11.9. The molecule has 2 aromatic carbocycles. The van der Waals surface area contributed by atoms with Crippen LogP contribution in [-0.4, -0.2) is 34.5 Å². The van der Waals surface area contributed by atoms with E-state index in [0.717, 1.165) is 40.8 Å². The Hall–Kier alpha value is -3.87. The van der Waals surface area contributed by atoms with Crippen LogP contribution in [-0.2, 0) is 26.4 Å². The van der Waals surface area contributed by atoms with E-state index >= 15 is 0 Å².